The third-order valence-corrected chi connectivity index (χ3v) is 4.05. The first-order chi connectivity index (χ1) is 13.9. The van der Waals surface area contributed by atoms with Crippen LogP contribution >= 0.6 is 0 Å². The minimum Gasteiger partial charge on any atom is -0.497 e. The number of rotatable bonds is 10. The third-order valence-electron chi connectivity index (χ3n) is 4.05. The van der Waals surface area contributed by atoms with Crippen LogP contribution in [0.3, 0.4) is 0 Å². The summed E-state index contributed by atoms with van der Waals surface area (Å²) in [6, 6.07) is 13.8. The van der Waals surface area contributed by atoms with Crippen molar-refractivity contribution < 1.29 is 28.6 Å². The molecule has 2 rings (SSSR count). The monoisotopic (exact) mass is 400 g/mol. The largest absolute Gasteiger partial charge is 0.497 e. The third kappa shape index (κ3) is 6.84. The zero-order valence-corrected chi connectivity index (χ0v) is 16.3. The van der Waals surface area contributed by atoms with E-state index in [1.165, 1.54) is 19.1 Å². The summed E-state index contributed by atoms with van der Waals surface area (Å²) in [6.07, 6.45) is -0.350. The molecule has 3 N–H and O–H groups in total. The highest BCUT2D eigenvalue weighted by molar-refractivity contribution is 5.95. The van der Waals surface area contributed by atoms with Crippen LogP contribution in [0, 0.1) is 0 Å². The topological polar surface area (TPSA) is 117 Å². The fourth-order valence-electron chi connectivity index (χ4n) is 2.48. The molecule has 0 aliphatic heterocycles. The van der Waals surface area contributed by atoms with Gasteiger partial charge in [-0.1, -0.05) is 24.3 Å². The van der Waals surface area contributed by atoms with Crippen molar-refractivity contribution in [3.8, 4) is 11.5 Å². The Balaban J connectivity index is 1.74. The normalized spacial score (nSPS) is 11.2. The van der Waals surface area contributed by atoms with E-state index in [1.807, 2.05) is 24.3 Å². The van der Waals surface area contributed by atoms with Gasteiger partial charge in [-0.3, -0.25) is 9.59 Å². The van der Waals surface area contributed by atoms with Crippen molar-refractivity contribution in [2.45, 2.75) is 19.4 Å². The Morgan fingerprint density at radius 2 is 1.76 bits per heavy atom. The maximum Gasteiger partial charge on any atom is 0.344 e. The van der Waals surface area contributed by atoms with E-state index in [2.05, 4.69) is 5.32 Å². The van der Waals surface area contributed by atoms with E-state index in [4.69, 9.17) is 19.9 Å². The van der Waals surface area contributed by atoms with Gasteiger partial charge in [0.15, 0.2) is 12.7 Å². The molecule has 2 aromatic carbocycles. The van der Waals surface area contributed by atoms with Crippen LogP contribution in [-0.4, -0.2) is 44.1 Å². The second kappa shape index (κ2) is 10.7. The Bertz CT molecular complexity index is 851. The molecular formula is C21H24N2O6. The highest BCUT2D eigenvalue weighted by Gasteiger charge is 2.18. The Morgan fingerprint density at radius 3 is 2.41 bits per heavy atom. The van der Waals surface area contributed by atoms with Gasteiger partial charge in [-0.05, 0) is 43.2 Å². The van der Waals surface area contributed by atoms with Crippen molar-refractivity contribution in [3.63, 3.8) is 0 Å². The van der Waals surface area contributed by atoms with E-state index in [1.54, 1.807) is 19.2 Å². The van der Waals surface area contributed by atoms with Crippen molar-refractivity contribution in [2.24, 2.45) is 5.73 Å². The molecule has 0 aliphatic carbocycles. The summed E-state index contributed by atoms with van der Waals surface area (Å²) in [5, 5.41) is 2.71. The molecule has 0 fully saturated rings. The predicted molar refractivity (Wildman–Crippen MR) is 106 cm³/mol. The molecule has 0 aliphatic rings. The molecule has 8 heteroatoms. The van der Waals surface area contributed by atoms with E-state index in [9.17, 15) is 14.4 Å². The van der Waals surface area contributed by atoms with Crippen molar-refractivity contribution >= 4 is 17.8 Å². The molecule has 2 amide bonds. The number of methoxy groups -OCH3 is 1. The molecule has 0 unspecified atom stereocenters. The van der Waals surface area contributed by atoms with Gasteiger partial charge in [-0.25, -0.2) is 4.79 Å². The van der Waals surface area contributed by atoms with Crippen LogP contribution in [0.1, 0.15) is 22.8 Å². The summed E-state index contributed by atoms with van der Waals surface area (Å²) in [7, 11) is 1.60. The van der Waals surface area contributed by atoms with Crippen LogP contribution in [-0.2, 0) is 20.7 Å². The number of hydrogen-bond donors (Lipinski definition) is 2. The quantitative estimate of drug-likeness (QED) is 0.583. The van der Waals surface area contributed by atoms with Crippen molar-refractivity contribution in [3.05, 3.63) is 59.7 Å². The number of amides is 2. The molecule has 29 heavy (non-hydrogen) atoms. The smallest absolute Gasteiger partial charge is 0.344 e. The summed E-state index contributed by atoms with van der Waals surface area (Å²) in [5.41, 5.74) is 6.45. The van der Waals surface area contributed by atoms with E-state index in [-0.39, 0.29) is 11.3 Å². The average Bonchev–Trinajstić information content (AvgIpc) is 2.72. The molecule has 0 heterocycles. The van der Waals surface area contributed by atoms with Gasteiger partial charge in [0.1, 0.15) is 11.5 Å². The highest BCUT2D eigenvalue weighted by atomic mass is 16.6. The molecule has 0 spiro atoms. The Labute approximate surface area is 168 Å². The van der Waals surface area contributed by atoms with Crippen LogP contribution in [0.4, 0.5) is 0 Å². The standard InChI is InChI=1S/C21H24N2O6/c1-14(21(26)23-12-11-15-7-9-16(27-2)10-8-15)29-19(24)13-28-18-6-4-3-5-17(18)20(22)25/h3-10,14H,11-13H2,1-2H3,(H2,22,25)(H,23,26)/t14-/m0/s1. The lowest BCUT2D eigenvalue weighted by Crippen LogP contribution is -2.37. The Kier molecular flexibility index (Phi) is 8.02. The van der Waals surface area contributed by atoms with Crippen LogP contribution in [0.5, 0.6) is 11.5 Å². The van der Waals surface area contributed by atoms with E-state index in [0.717, 1.165) is 11.3 Å². The van der Waals surface area contributed by atoms with Gasteiger partial charge in [0.05, 0.1) is 12.7 Å². The van der Waals surface area contributed by atoms with Crippen molar-refractivity contribution in [2.75, 3.05) is 20.3 Å². The van der Waals surface area contributed by atoms with Crippen LogP contribution in [0.15, 0.2) is 48.5 Å². The summed E-state index contributed by atoms with van der Waals surface area (Å²) < 4.78 is 15.4. The van der Waals surface area contributed by atoms with Gasteiger partial charge < -0.3 is 25.3 Å². The van der Waals surface area contributed by atoms with Gasteiger partial charge in [0, 0.05) is 6.54 Å². The number of ether oxygens (including phenoxy) is 3. The molecular weight excluding hydrogens is 376 g/mol. The lowest BCUT2D eigenvalue weighted by molar-refractivity contribution is -0.156. The zero-order valence-electron chi connectivity index (χ0n) is 16.3. The number of nitrogens with one attached hydrogen (secondary N) is 1. The van der Waals surface area contributed by atoms with E-state index < -0.39 is 30.5 Å². The van der Waals surface area contributed by atoms with E-state index >= 15 is 0 Å². The fourth-order valence-corrected chi connectivity index (χ4v) is 2.48. The van der Waals surface area contributed by atoms with Gasteiger partial charge >= 0.3 is 5.97 Å². The summed E-state index contributed by atoms with van der Waals surface area (Å²) in [4.78, 5) is 35.3. The lowest BCUT2D eigenvalue weighted by atomic mass is 10.1. The molecule has 8 nitrogen and oxygen atoms in total. The number of nitrogens with two attached hydrogens (primary N) is 1. The molecule has 2 aromatic rings. The van der Waals surface area contributed by atoms with Crippen LogP contribution in [0.25, 0.3) is 0 Å². The number of esters is 1. The second-order valence-electron chi connectivity index (χ2n) is 6.17. The number of carbonyl (C=O) groups is 3. The highest BCUT2D eigenvalue weighted by Crippen LogP contribution is 2.17. The molecule has 0 saturated carbocycles. The summed E-state index contributed by atoms with van der Waals surface area (Å²) in [6.45, 7) is 1.42. The van der Waals surface area contributed by atoms with Gasteiger partial charge in [0.2, 0.25) is 0 Å². The molecule has 0 bridgehead atoms. The number of carbonyl (C=O) groups excluding carboxylic acids is 3. The van der Waals surface area contributed by atoms with Crippen LogP contribution < -0.4 is 20.5 Å². The zero-order chi connectivity index (χ0) is 21.2. The van der Waals surface area contributed by atoms with Gasteiger partial charge in [-0.15, -0.1) is 0 Å². The van der Waals surface area contributed by atoms with Crippen LogP contribution in [0.2, 0.25) is 0 Å². The Hall–Kier alpha value is -3.55. The number of primary amides is 1. The summed E-state index contributed by atoms with van der Waals surface area (Å²) in [5.74, 6) is -0.877. The maximum absolute atomic E-state index is 12.1. The van der Waals surface area contributed by atoms with Gasteiger partial charge in [0.25, 0.3) is 11.8 Å². The summed E-state index contributed by atoms with van der Waals surface area (Å²) >= 11 is 0. The van der Waals surface area contributed by atoms with Crippen molar-refractivity contribution in [1.82, 2.24) is 5.32 Å². The van der Waals surface area contributed by atoms with Crippen molar-refractivity contribution in [1.29, 1.82) is 0 Å². The van der Waals surface area contributed by atoms with Gasteiger partial charge in [-0.2, -0.15) is 0 Å². The molecule has 1 atom stereocenters. The second-order valence-corrected chi connectivity index (χ2v) is 6.17. The minimum atomic E-state index is -0.978. The SMILES string of the molecule is COc1ccc(CCNC(=O)[C@H](C)OC(=O)COc2ccccc2C(N)=O)cc1. The molecule has 0 aromatic heterocycles. The first kappa shape index (κ1) is 21.7. The number of benzene rings is 2. The lowest BCUT2D eigenvalue weighted by Gasteiger charge is -2.14. The number of para-hydroxylation sites is 1. The maximum atomic E-state index is 12.1. The fraction of sp³-hybridized carbons (Fsp3) is 0.286. The molecule has 0 radical (unpaired) electrons. The first-order valence-corrected chi connectivity index (χ1v) is 9.02. The van der Waals surface area contributed by atoms with E-state index in [0.29, 0.717) is 13.0 Å². The first-order valence-electron chi connectivity index (χ1n) is 9.02. The molecule has 0 saturated heterocycles. The Morgan fingerprint density at radius 1 is 1.07 bits per heavy atom. The molecule has 154 valence electrons. The minimum absolute atomic E-state index is 0.157. The predicted octanol–water partition coefficient (Wildman–Crippen LogP) is 1.46. The number of hydrogen-bond acceptors (Lipinski definition) is 6. The average molecular weight is 400 g/mol.